The third-order valence-corrected chi connectivity index (χ3v) is 9.46. The number of unbranched alkanes of at least 4 members (excludes halogenated alkanes) is 3. The Hall–Kier alpha value is -5.01. The van der Waals surface area contributed by atoms with E-state index in [2.05, 4.69) is 31.9 Å². The van der Waals surface area contributed by atoms with Crippen molar-refractivity contribution in [2.75, 3.05) is 45.9 Å². The third kappa shape index (κ3) is 19.4. The van der Waals surface area contributed by atoms with E-state index in [4.69, 9.17) is 34.4 Å². The number of hydrogen-bond donors (Lipinski definition) is 14. The molecule has 60 heavy (non-hydrogen) atoms. The minimum atomic E-state index is -1.68. The Bertz CT molecular complexity index is 1420. The number of hydrogen-bond acceptors (Lipinski definition) is 15. The van der Waals surface area contributed by atoms with Gasteiger partial charge in [-0.05, 0) is 90.3 Å². The number of aliphatic hydroxyl groups excluding tert-OH is 2. The van der Waals surface area contributed by atoms with Gasteiger partial charge in [0, 0.05) is 6.54 Å². The van der Waals surface area contributed by atoms with Crippen molar-refractivity contribution >= 4 is 53.2 Å². The van der Waals surface area contributed by atoms with Crippen LogP contribution in [0.1, 0.15) is 84.5 Å². The van der Waals surface area contributed by atoms with Crippen LogP contribution in [0.4, 0.5) is 0 Å². The fourth-order valence-corrected chi connectivity index (χ4v) is 6.20. The van der Waals surface area contributed by atoms with E-state index in [0.29, 0.717) is 45.1 Å². The van der Waals surface area contributed by atoms with Crippen LogP contribution in [0.3, 0.4) is 0 Å². The molecular formula is C36H69N13O11. The number of rotatable bonds is 30. The predicted octanol–water partition coefficient (Wildman–Crippen LogP) is -6.79. The largest absolute Gasteiger partial charge is 0.394 e. The van der Waals surface area contributed by atoms with E-state index < -0.39 is 122 Å². The van der Waals surface area contributed by atoms with Crippen molar-refractivity contribution in [3.8, 4) is 0 Å². The summed E-state index contributed by atoms with van der Waals surface area (Å²) in [5.41, 5.74) is 32.8. The van der Waals surface area contributed by atoms with Crippen LogP contribution in [0.25, 0.3) is 0 Å². The number of primary amides is 2. The van der Waals surface area contributed by atoms with Gasteiger partial charge >= 0.3 is 0 Å². The van der Waals surface area contributed by atoms with E-state index in [0.717, 1.165) is 0 Å². The summed E-state index contributed by atoms with van der Waals surface area (Å²) >= 11 is 0. The summed E-state index contributed by atoms with van der Waals surface area (Å²) in [5, 5.41) is 34.1. The lowest BCUT2D eigenvalue weighted by molar-refractivity contribution is -0.142. The lowest BCUT2D eigenvalue weighted by Crippen LogP contribution is -2.61. The van der Waals surface area contributed by atoms with Crippen molar-refractivity contribution in [1.82, 2.24) is 36.8 Å². The highest BCUT2D eigenvalue weighted by atomic mass is 16.3. The Morgan fingerprint density at radius 2 is 1.00 bits per heavy atom. The molecule has 0 aromatic rings. The van der Waals surface area contributed by atoms with Gasteiger partial charge in [0.05, 0.1) is 26.2 Å². The molecule has 0 unspecified atom stereocenters. The molecule has 344 valence electrons. The quantitative estimate of drug-likeness (QED) is 0.0299. The predicted molar refractivity (Wildman–Crippen MR) is 218 cm³/mol. The molecule has 1 rings (SSSR count). The van der Waals surface area contributed by atoms with Crippen molar-refractivity contribution in [3.63, 3.8) is 0 Å². The maximum absolute atomic E-state index is 14.0. The summed E-state index contributed by atoms with van der Waals surface area (Å²) < 4.78 is 0. The molecule has 0 spiro atoms. The van der Waals surface area contributed by atoms with Crippen LogP contribution in [-0.4, -0.2) is 157 Å². The molecule has 1 heterocycles. The molecule has 0 saturated carbocycles. The number of nitrogens with two attached hydrogens (primary N) is 6. The first-order chi connectivity index (χ1) is 28.1. The van der Waals surface area contributed by atoms with E-state index in [1.807, 2.05) is 0 Å². The van der Waals surface area contributed by atoms with Crippen LogP contribution in [0.15, 0.2) is 0 Å². The fraction of sp³-hybridized carbons (Fsp3) is 0.750. The minimum absolute atomic E-state index is 0. The Morgan fingerprint density at radius 3 is 1.48 bits per heavy atom. The Kier molecular flexibility index (Phi) is 27.6. The van der Waals surface area contributed by atoms with E-state index in [1.54, 1.807) is 0 Å². The summed E-state index contributed by atoms with van der Waals surface area (Å²) in [6.07, 6.45) is 2.96. The number of nitrogens with zero attached hydrogens (tertiary/aromatic N) is 1. The highest BCUT2D eigenvalue weighted by molar-refractivity contribution is 5.98. The summed E-state index contributed by atoms with van der Waals surface area (Å²) in [6.45, 7) is -1.29. The normalized spacial score (nSPS) is 16.4. The van der Waals surface area contributed by atoms with Crippen molar-refractivity contribution in [3.05, 3.63) is 0 Å². The Morgan fingerprint density at radius 1 is 0.567 bits per heavy atom. The summed E-state index contributed by atoms with van der Waals surface area (Å²) in [7, 11) is 0. The molecule has 1 aliphatic heterocycles. The van der Waals surface area contributed by atoms with Crippen molar-refractivity contribution < 1.29 is 53.4 Å². The number of amides is 9. The monoisotopic (exact) mass is 860 g/mol. The van der Waals surface area contributed by atoms with Gasteiger partial charge < -0.3 is 81.4 Å². The first-order valence-electron chi connectivity index (χ1n) is 19.8. The van der Waals surface area contributed by atoms with Crippen LogP contribution in [0, 0.1) is 0 Å². The maximum Gasteiger partial charge on any atom is 0.245 e. The zero-order valence-corrected chi connectivity index (χ0v) is 33.5. The second-order valence-electron chi connectivity index (χ2n) is 14.1. The topological polar surface area (TPSA) is 426 Å². The standard InChI is InChI=1S/C35H65N13O11.CH4/c36-12-4-1-8-20(29(41)53)43-34(58)26-11-7-15-48(26)35(59)22(10-3-6-14-38)45-33(57)25(19-50)47-30(54)21(9-2-5-13-37)44-31(55)23(16-27(40)51)46-32(56)24(18-49)42-28(52)17-39;/h20-26,49-50H,1-19,36-39H2,(H2,40,51)(H2,41,53)(H,42,52)(H,43,58)(H,44,55)(H,45,57)(H,46,56)(H,47,54);1H4/t20-,21-,22-,23-,24-,25-,26-;/m0./s1. The van der Waals surface area contributed by atoms with Crippen LogP contribution in [0.2, 0.25) is 0 Å². The molecule has 0 aromatic heterocycles. The second-order valence-corrected chi connectivity index (χ2v) is 14.1. The highest BCUT2D eigenvalue weighted by Crippen LogP contribution is 2.21. The van der Waals surface area contributed by atoms with E-state index in [1.165, 1.54) is 4.90 Å². The molecule has 0 aliphatic carbocycles. The molecular weight excluding hydrogens is 790 g/mol. The molecule has 7 atom stereocenters. The van der Waals surface area contributed by atoms with Crippen LogP contribution in [0.5, 0.6) is 0 Å². The van der Waals surface area contributed by atoms with Gasteiger partial charge in [0.1, 0.15) is 42.3 Å². The molecule has 1 saturated heterocycles. The Labute approximate surface area is 350 Å². The van der Waals surface area contributed by atoms with E-state index in [9.17, 15) is 53.4 Å². The van der Waals surface area contributed by atoms with E-state index >= 15 is 0 Å². The fourth-order valence-electron chi connectivity index (χ4n) is 6.20. The first-order valence-corrected chi connectivity index (χ1v) is 19.8. The van der Waals surface area contributed by atoms with Crippen LogP contribution < -0.4 is 66.3 Å². The van der Waals surface area contributed by atoms with Crippen molar-refractivity contribution in [2.24, 2.45) is 34.4 Å². The van der Waals surface area contributed by atoms with Gasteiger partial charge in [0.2, 0.25) is 53.2 Å². The van der Waals surface area contributed by atoms with Gasteiger partial charge in [-0.15, -0.1) is 0 Å². The van der Waals surface area contributed by atoms with Gasteiger partial charge in [-0.25, -0.2) is 0 Å². The lowest BCUT2D eigenvalue weighted by Gasteiger charge is -2.30. The lowest BCUT2D eigenvalue weighted by atomic mass is 10.0. The summed E-state index contributed by atoms with van der Waals surface area (Å²) in [4.78, 5) is 118. The summed E-state index contributed by atoms with van der Waals surface area (Å²) in [6, 6.07) is -9.47. The van der Waals surface area contributed by atoms with Gasteiger partial charge in [-0.2, -0.15) is 0 Å². The number of likely N-dealkylation sites (tertiary alicyclic amines) is 1. The number of nitrogens with one attached hydrogen (secondary N) is 6. The minimum Gasteiger partial charge on any atom is -0.394 e. The molecule has 0 radical (unpaired) electrons. The van der Waals surface area contributed by atoms with Gasteiger partial charge in [-0.3, -0.25) is 43.2 Å². The summed E-state index contributed by atoms with van der Waals surface area (Å²) in [5.74, 6) is -7.84. The molecule has 1 fully saturated rings. The second kappa shape index (κ2) is 30.1. The molecule has 24 nitrogen and oxygen atoms in total. The average molecular weight is 860 g/mol. The molecule has 20 N–H and O–H groups in total. The van der Waals surface area contributed by atoms with Crippen molar-refractivity contribution in [2.45, 2.75) is 127 Å². The van der Waals surface area contributed by atoms with Gasteiger partial charge in [0.25, 0.3) is 0 Å². The molecule has 9 amide bonds. The highest BCUT2D eigenvalue weighted by Gasteiger charge is 2.39. The van der Waals surface area contributed by atoms with E-state index in [-0.39, 0.29) is 59.2 Å². The van der Waals surface area contributed by atoms with Crippen molar-refractivity contribution in [1.29, 1.82) is 0 Å². The maximum atomic E-state index is 14.0. The average Bonchev–Trinajstić information content (AvgIpc) is 3.70. The van der Waals surface area contributed by atoms with Gasteiger partial charge in [0.15, 0.2) is 0 Å². The zero-order chi connectivity index (χ0) is 44.5. The Balaban J connectivity index is 0.0000348. The molecule has 24 heteroatoms. The third-order valence-electron chi connectivity index (χ3n) is 9.46. The molecule has 0 bridgehead atoms. The zero-order valence-electron chi connectivity index (χ0n) is 33.5. The SMILES string of the molecule is C.NCCCC[C@H](NC(=O)[C@@H]1CCCN1C(=O)[C@H](CCCCN)NC(=O)[C@H](CO)NC(=O)[C@H](CCCCN)NC(=O)[C@H](CC(N)=O)NC(=O)[C@H](CO)NC(=O)CN)C(N)=O. The molecule has 0 aromatic carbocycles. The number of carbonyl (C=O) groups is 9. The molecule has 1 aliphatic rings. The first kappa shape index (κ1) is 55.0. The van der Waals surface area contributed by atoms with Gasteiger partial charge in [-0.1, -0.05) is 7.43 Å². The smallest absolute Gasteiger partial charge is 0.245 e. The number of aliphatic hydroxyl groups is 2. The van der Waals surface area contributed by atoms with Crippen LogP contribution in [-0.2, 0) is 43.2 Å². The number of carbonyl (C=O) groups excluding carboxylic acids is 9. The van der Waals surface area contributed by atoms with Crippen LogP contribution >= 0.6 is 0 Å².